The second kappa shape index (κ2) is 23.0. The number of phenols is 1. The number of likely N-dealkylation sites (tertiary alicyclic amines) is 1. The standard InChI is InChI=1S/C62H65F2N11O7/c1-5-46-49(63)19-16-40-25-43(76)26-47(53(40)46)55-58(56-48(28-66-55)59(73-29-41-17-18-42(30-73)68-41)70-62(69-56)82-45-20-23-80-24-21-45)81-33-36-8-10-38(11-9-36)51-32-75(72-71-51)57(34(2)3)61(79)74-31-44(77)27-52(74)60(78)67-35(4)37-12-14-39(15-13-37)54-50(64)7-6-22-65-54/h6-16,19,22,25-26,28,32,34-35,41-42,44-45,52,57,68,76-77H,5,17-18,20-21,23-24,27,29-31,33H2,1-4H3,(H,67,78)/t35-,41?,42?,44+,52-,57-/m0/s1. The summed E-state index contributed by atoms with van der Waals surface area (Å²) in [5.74, 6) is -0.876. The Morgan fingerprint density at radius 2 is 1.63 bits per heavy atom. The van der Waals surface area contributed by atoms with Crippen molar-refractivity contribution in [2.75, 3.05) is 37.7 Å². The molecule has 4 aliphatic heterocycles. The average molecular weight is 1110 g/mol. The number of phenolic OH excluding ortho intramolecular Hbond substituents is 1. The van der Waals surface area contributed by atoms with E-state index in [0.717, 1.165) is 42.6 Å². The number of carbonyl (C=O) groups is 2. The lowest BCUT2D eigenvalue weighted by atomic mass is 9.94. The number of hydrogen-bond donors (Lipinski definition) is 4. The Balaban J connectivity index is 0.816. The first kappa shape index (κ1) is 54.4. The van der Waals surface area contributed by atoms with Gasteiger partial charge in [0.25, 0.3) is 0 Å². The number of anilines is 1. The molecule has 4 fully saturated rings. The molecule has 0 spiro atoms. The fraction of sp³-hybridized carbons (Fsp3) is 0.387. The summed E-state index contributed by atoms with van der Waals surface area (Å²) >= 11 is 0. The van der Waals surface area contributed by atoms with Crippen LogP contribution >= 0.6 is 0 Å². The molecule has 8 heterocycles. The van der Waals surface area contributed by atoms with Gasteiger partial charge in [0.1, 0.15) is 70.6 Å². The van der Waals surface area contributed by atoms with Gasteiger partial charge in [-0.2, -0.15) is 9.97 Å². The van der Waals surface area contributed by atoms with E-state index in [9.17, 15) is 24.2 Å². The van der Waals surface area contributed by atoms with E-state index in [1.165, 1.54) is 34.0 Å². The minimum Gasteiger partial charge on any atom is -0.508 e. The number of benzene rings is 4. The third kappa shape index (κ3) is 10.9. The largest absolute Gasteiger partial charge is 0.508 e. The zero-order chi connectivity index (χ0) is 56.8. The van der Waals surface area contributed by atoms with Gasteiger partial charge in [0.15, 0.2) is 5.75 Å². The SMILES string of the molecule is CCc1c(F)ccc2cc(O)cc(-c3ncc4c(N5CC6CCC(C5)N6)nc(OC5CCOCC5)nc4c3OCc3ccc(-c4cn([C@H](C(=O)N5C[C@H](O)C[C@H]5C(=O)N[C@@H](C)c5ccc(-c6ncccc6F)cc5)C(C)C)nn4)cc3)c12. The van der Waals surface area contributed by atoms with Gasteiger partial charge in [0, 0.05) is 80.1 Å². The molecule has 4 aromatic heterocycles. The number of aryl methyl sites for hydroxylation is 1. The van der Waals surface area contributed by atoms with Crippen molar-refractivity contribution in [1.82, 2.24) is 50.5 Å². The molecule has 0 radical (unpaired) electrons. The van der Waals surface area contributed by atoms with E-state index in [0.29, 0.717) is 106 Å². The number of aliphatic hydroxyl groups is 1. The van der Waals surface area contributed by atoms with Crippen LogP contribution in [0, 0.1) is 17.6 Å². The van der Waals surface area contributed by atoms with E-state index in [4.69, 9.17) is 29.2 Å². The zero-order valence-corrected chi connectivity index (χ0v) is 46.1. The molecule has 18 nitrogen and oxygen atoms in total. The first-order valence-electron chi connectivity index (χ1n) is 28.3. The number of aromatic nitrogens is 7. The predicted molar refractivity (Wildman–Crippen MR) is 304 cm³/mol. The fourth-order valence-electron chi connectivity index (χ4n) is 12.2. The molecule has 4 aliphatic rings. The molecule has 8 aromatic rings. The zero-order valence-electron chi connectivity index (χ0n) is 46.1. The number of nitrogens with zero attached hydrogens (tertiary/aromatic N) is 9. The maximum Gasteiger partial charge on any atom is 0.319 e. The molecule has 4 aromatic carbocycles. The molecule has 2 unspecified atom stereocenters. The summed E-state index contributed by atoms with van der Waals surface area (Å²) in [6.07, 6.45) is 7.87. The van der Waals surface area contributed by atoms with E-state index in [2.05, 4.69) is 30.8 Å². The van der Waals surface area contributed by atoms with Gasteiger partial charge in [0.2, 0.25) is 11.8 Å². The van der Waals surface area contributed by atoms with Crippen molar-refractivity contribution in [3.63, 3.8) is 0 Å². The summed E-state index contributed by atoms with van der Waals surface area (Å²) in [6, 6.07) is 22.4. The van der Waals surface area contributed by atoms with Crippen molar-refractivity contribution >= 4 is 39.3 Å². The number of amides is 2. The Kier molecular flexibility index (Phi) is 15.2. The van der Waals surface area contributed by atoms with Crippen LogP contribution in [0.1, 0.15) is 88.6 Å². The van der Waals surface area contributed by atoms with Gasteiger partial charge in [-0.1, -0.05) is 80.6 Å². The van der Waals surface area contributed by atoms with Crippen molar-refractivity contribution in [2.45, 2.75) is 115 Å². The highest BCUT2D eigenvalue weighted by atomic mass is 19.1. The normalized spacial score (nSPS) is 20.0. The first-order valence-corrected chi connectivity index (χ1v) is 28.3. The van der Waals surface area contributed by atoms with Crippen molar-refractivity contribution in [1.29, 1.82) is 0 Å². The lowest BCUT2D eigenvalue weighted by Gasteiger charge is -2.34. The summed E-state index contributed by atoms with van der Waals surface area (Å²) in [6.45, 7) is 10.1. The molecule has 12 rings (SSSR count). The Bertz CT molecular complexity index is 3660. The molecule has 2 amide bonds. The van der Waals surface area contributed by atoms with Crippen LogP contribution in [-0.4, -0.2) is 125 Å². The summed E-state index contributed by atoms with van der Waals surface area (Å²) in [4.78, 5) is 51.7. The number of β-amino-alcohol motifs (C(OH)–C–C–N with tert-alkyl or cyclic N) is 1. The number of fused-ring (bicyclic) bond motifs is 4. The molecule has 4 saturated heterocycles. The number of carbonyl (C=O) groups excluding carboxylic acids is 2. The number of rotatable bonds is 16. The molecule has 20 heteroatoms. The van der Waals surface area contributed by atoms with Gasteiger partial charge in [0.05, 0.1) is 36.9 Å². The van der Waals surface area contributed by atoms with Crippen LogP contribution in [0.2, 0.25) is 0 Å². The number of aromatic hydroxyl groups is 1. The third-order valence-electron chi connectivity index (χ3n) is 16.4. The predicted octanol–water partition coefficient (Wildman–Crippen LogP) is 8.83. The maximum atomic E-state index is 15.7. The van der Waals surface area contributed by atoms with E-state index in [-0.39, 0.29) is 60.8 Å². The number of nitrogens with one attached hydrogen (secondary N) is 2. The lowest BCUT2D eigenvalue weighted by Crippen LogP contribution is -2.51. The Hall–Kier alpha value is -8.20. The Morgan fingerprint density at radius 1 is 0.878 bits per heavy atom. The molecule has 424 valence electrons. The quantitative estimate of drug-likeness (QED) is 0.0711. The van der Waals surface area contributed by atoms with Crippen LogP contribution in [-0.2, 0) is 27.4 Å². The number of hydrogen-bond acceptors (Lipinski definition) is 15. The molecular formula is C62H65F2N11O7. The van der Waals surface area contributed by atoms with Crippen LogP contribution in [0.4, 0.5) is 14.6 Å². The monoisotopic (exact) mass is 1110 g/mol. The van der Waals surface area contributed by atoms with Crippen molar-refractivity contribution in [3.05, 3.63) is 132 Å². The average Bonchev–Trinajstić information content (AvgIpc) is 4.41. The van der Waals surface area contributed by atoms with Gasteiger partial charge in [-0.15, -0.1) is 5.10 Å². The van der Waals surface area contributed by atoms with Crippen molar-refractivity contribution < 1.29 is 42.8 Å². The summed E-state index contributed by atoms with van der Waals surface area (Å²) in [5, 5.41) is 39.7. The van der Waals surface area contributed by atoms with E-state index in [1.807, 2.05) is 52.0 Å². The van der Waals surface area contributed by atoms with Gasteiger partial charge < -0.3 is 44.9 Å². The molecule has 0 aliphatic carbocycles. The van der Waals surface area contributed by atoms with Gasteiger partial charge in [-0.05, 0) is 89.9 Å². The highest BCUT2D eigenvalue weighted by molar-refractivity contribution is 6.04. The molecule has 4 N–H and O–H groups in total. The van der Waals surface area contributed by atoms with Gasteiger partial charge in [-0.25, -0.2) is 13.5 Å². The van der Waals surface area contributed by atoms with E-state index in [1.54, 1.807) is 54.9 Å². The first-order chi connectivity index (χ1) is 39.8. The summed E-state index contributed by atoms with van der Waals surface area (Å²) in [5.41, 5.74) is 5.40. The number of ether oxygens (including phenoxy) is 3. The Morgan fingerprint density at radius 3 is 2.37 bits per heavy atom. The minimum atomic E-state index is -0.938. The molecular weight excluding hydrogens is 1050 g/mol. The summed E-state index contributed by atoms with van der Waals surface area (Å²) in [7, 11) is 0. The highest BCUT2D eigenvalue weighted by Gasteiger charge is 2.43. The molecule has 2 bridgehead atoms. The number of halogens is 2. The van der Waals surface area contributed by atoms with Crippen LogP contribution in [0.3, 0.4) is 0 Å². The number of aliphatic hydroxyl groups excluding tert-OH is 1. The van der Waals surface area contributed by atoms with Crippen molar-refractivity contribution in [2.24, 2.45) is 5.92 Å². The van der Waals surface area contributed by atoms with Crippen LogP contribution in [0.15, 0.2) is 104 Å². The van der Waals surface area contributed by atoms with Crippen LogP contribution in [0.25, 0.3) is 55.4 Å². The van der Waals surface area contributed by atoms with Gasteiger partial charge >= 0.3 is 6.01 Å². The molecule has 6 atom stereocenters. The second-order valence-electron chi connectivity index (χ2n) is 22.3. The summed E-state index contributed by atoms with van der Waals surface area (Å²) < 4.78 is 50.8. The van der Waals surface area contributed by atoms with Crippen molar-refractivity contribution in [3.8, 4) is 51.3 Å². The smallest absolute Gasteiger partial charge is 0.319 e. The van der Waals surface area contributed by atoms with Crippen LogP contribution in [0.5, 0.6) is 17.5 Å². The second-order valence-corrected chi connectivity index (χ2v) is 22.3. The van der Waals surface area contributed by atoms with E-state index < -0.39 is 36.0 Å². The third-order valence-corrected chi connectivity index (χ3v) is 16.4. The van der Waals surface area contributed by atoms with Gasteiger partial charge in [-0.3, -0.25) is 19.6 Å². The lowest BCUT2D eigenvalue weighted by molar-refractivity contribution is -0.142. The fourth-order valence-corrected chi connectivity index (χ4v) is 12.2. The van der Waals surface area contributed by atoms with Crippen LogP contribution < -0.4 is 25.0 Å². The molecule has 0 saturated carbocycles. The minimum absolute atomic E-state index is 0.0158. The maximum absolute atomic E-state index is 15.7. The molecule has 82 heavy (non-hydrogen) atoms. The highest BCUT2D eigenvalue weighted by Crippen LogP contribution is 2.44. The van der Waals surface area contributed by atoms with E-state index >= 15 is 4.39 Å². The number of piperazine rings is 1. The number of pyridine rings is 2. The Labute approximate surface area is 472 Å². The topological polar surface area (TPSA) is 215 Å².